The molecule has 0 bridgehead atoms. The predicted octanol–water partition coefficient (Wildman–Crippen LogP) is 0.919. The summed E-state index contributed by atoms with van der Waals surface area (Å²) in [5, 5.41) is 20.4. The van der Waals surface area contributed by atoms with Crippen LogP contribution in [0, 0.1) is 0 Å². The number of aliphatic hydroxyl groups is 2. The Hall–Kier alpha value is -1.30. The van der Waals surface area contributed by atoms with Gasteiger partial charge in [0.2, 0.25) is 0 Å². The van der Waals surface area contributed by atoms with Crippen molar-refractivity contribution in [2.45, 2.75) is 12.7 Å². The monoisotopic (exact) mass is 259 g/mol. The van der Waals surface area contributed by atoms with Gasteiger partial charge < -0.3 is 20.3 Å². The lowest BCUT2D eigenvalue weighted by molar-refractivity contribution is 0.0875. The third-order valence-electron chi connectivity index (χ3n) is 2.01. The molecule has 0 fully saturated rings. The number of benzene rings is 1. The number of carbonyl (C=O) groups is 1. The molecule has 1 rings (SSSR count). The first-order chi connectivity index (χ1) is 8.13. The number of aliphatic hydroxyl groups excluding tert-OH is 2. The van der Waals surface area contributed by atoms with E-state index < -0.39 is 18.8 Å². The average molecular weight is 260 g/mol. The van der Waals surface area contributed by atoms with Crippen LogP contribution in [-0.2, 0) is 11.3 Å². The van der Waals surface area contributed by atoms with E-state index in [0.717, 1.165) is 0 Å². The highest BCUT2D eigenvalue weighted by Gasteiger charge is 2.07. The summed E-state index contributed by atoms with van der Waals surface area (Å²) in [6, 6.07) is 7.02. The standard InChI is InChI=1S/C11H14ClNO4/c12-10-4-2-1-3-8(10)7-17-11(16)13-5-9(15)6-14/h1-4,9,14-15H,5-7H2,(H,13,16). The van der Waals surface area contributed by atoms with Crippen molar-refractivity contribution < 1.29 is 19.7 Å². The molecule has 3 N–H and O–H groups in total. The Balaban J connectivity index is 2.31. The molecule has 5 nitrogen and oxygen atoms in total. The second kappa shape index (κ2) is 7.11. The minimum absolute atomic E-state index is 0.0563. The number of hydrogen-bond donors (Lipinski definition) is 3. The second-order valence-corrected chi connectivity index (χ2v) is 3.79. The Kier molecular flexibility index (Phi) is 5.76. The Morgan fingerprint density at radius 1 is 1.47 bits per heavy atom. The predicted molar refractivity (Wildman–Crippen MR) is 62.7 cm³/mol. The van der Waals surface area contributed by atoms with Crippen molar-refractivity contribution in [2.75, 3.05) is 13.2 Å². The number of nitrogens with one attached hydrogen (secondary N) is 1. The molecule has 6 heteroatoms. The molecule has 0 heterocycles. The zero-order chi connectivity index (χ0) is 12.7. The SMILES string of the molecule is O=C(NCC(O)CO)OCc1ccccc1Cl. The minimum atomic E-state index is -0.983. The molecule has 1 aromatic rings. The Morgan fingerprint density at radius 2 is 2.18 bits per heavy atom. The molecule has 0 aliphatic carbocycles. The number of amides is 1. The summed E-state index contributed by atoms with van der Waals surface area (Å²) in [5.41, 5.74) is 0.701. The summed E-state index contributed by atoms with van der Waals surface area (Å²) in [6.07, 6.45) is -1.65. The summed E-state index contributed by atoms with van der Waals surface area (Å²) in [4.78, 5) is 11.2. The van der Waals surface area contributed by atoms with Crippen molar-refractivity contribution in [3.63, 3.8) is 0 Å². The van der Waals surface area contributed by atoms with Gasteiger partial charge in [-0.1, -0.05) is 29.8 Å². The van der Waals surface area contributed by atoms with Crippen LogP contribution in [0.5, 0.6) is 0 Å². The summed E-state index contributed by atoms with van der Waals surface area (Å²) in [5.74, 6) is 0. The molecule has 94 valence electrons. The van der Waals surface area contributed by atoms with Crippen LogP contribution in [-0.4, -0.2) is 35.6 Å². The topological polar surface area (TPSA) is 78.8 Å². The first kappa shape index (κ1) is 13.8. The van der Waals surface area contributed by atoms with Crippen molar-refractivity contribution >= 4 is 17.7 Å². The van der Waals surface area contributed by atoms with Gasteiger partial charge in [0.05, 0.1) is 12.7 Å². The number of hydrogen-bond acceptors (Lipinski definition) is 4. The van der Waals surface area contributed by atoms with E-state index in [2.05, 4.69) is 5.32 Å². The van der Waals surface area contributed by atoms with Crippen molar-refractivity contribution in [3.05, 3.63) is 34.9 Å². The summed E-state index contributed by atoms with van der Waals surface area (Å²) in [6.45, 7) is -0.413. The first-order valence-corrected chi connectivity index (χ1v) is 5.44. The van der Waals surface area contributed by atoms with Crippen molar-refractivity contribution in [1.82, 2.24) is 5.32 Å². The van der Waals surface area contributed by atoms with Crippen LogP contribution in [0.1, 0.15) is 5.56 Å². The molecule has 1 atom stereocenters. The highest BCUT2D eigenvalue weighted by molar-refractivity contribution is 6.31. The van der Waals surface area contributed by atoms with Gasteiger partial charge >= 0.3 is 6.09 Å². The number of carbonyl (C=O) groups excluding carboxylic acids is 1. The van der Waals surface area contributed by atoms with E-state index in [1.807, 2.05) is 0 Å². The van der Waals surface area contributed by atoms with Crippen LogP contribution < -0.4 is 5.32 Å². The molecule has 0 aromatic heterocycles. The zero-order valence-corrected chi connectivity index (χ0v) is 9.85. The Bertz CT molecular complexity index is 372. The molecule has 0 saturated carbocycles. The zero-order valence-electron chi connectivity index (χ0n) is 9.10. The van der Waals surface area contributed by atoms with Crippen LogP contribution in [0.25, 0.3) is 0 Å². The van der Waals surface area contributed by atoms with Crippen molar-refractivity contribution in [3.8, 4) is 0 Å². The largest absolute Gasteiger partial charge is 0.445 e. The lowest BCUT2D eigenvalue weighted by Crippen LogP contribution is -2.34. The lowest BCUT2D eigenvalue weighted by Gasteiger charge is -2.10. The van der Waals surface area contributed by atoms with E-state index in [1.165, 1.54) is 0 Å². The van der Waals surface area contributed by atoms with Crippen LogP contribution in [0.3, 0.4) is 0 Å². The number of rotatable bonds is 5. The van der Waals surface area contributed by atoms with Crippen LogP contribution in [0.15, 0.2) is 24.3 Å². The van der Waals surface area contributed by atoms with E-state index in [1.54, 1.807) is 24.3 Å². The third-order valence-corrected chi connectivity index (χ3v) is 2.38. The summed E-state index contributed by atoms with van der Waals surface area (Å²) < 4.78 is 4.88. The summed E-state index contributed by atoms with van der Waals surface area (Å²) >= 11 is 5.87. The molecule has 0 radical (unpaired) electrons. The molecule has 1 unspecified atom stereocenters. The fraction of sp³-hybridized carbons (Fsp3) is 0.364. The van der Waals surface area contributed by atoms with E-state index in [-0.39, 0.29) is 13.2 Å². The third kappa shape index (κ3) is 5.04. The van der Waals surface area contributed by atoms with E-state index >= 15 is 0 Å². The highest BCUT2D eigenvalue weighted by Crippen LogP contribution is 2.15. The molecule has 0 aliphatic rings. The number of ether oxygens (including phenoxy) is 1. The normalized spacial score (nSPS) is 11.9. The molecule has 0 aliphatic heterocycles. The van der Waals surface area contributed by atoms with Crippen LogP contribution >= 0.6 is 11.6 Å². The summed E-state index contributed by atoms with van der Waals surface area (Å²) in [7, 11) is 0. The van der Waals surface area contributed by atoms with Gasteiger partial charge in [0, 0.05) is 17.1 Å². The smallest absolute Gasteiger partial charge is 0.407 e. The minimum Gasteiger partial charge on any atom is -0.445 e. The maximum Gasteiger partial charge on any atom is 0.407 e. The quantitative estimate of drug-likeness (QED) is 0.735. The molecule has 0 saturated heterocycles. The van der Waals surface area contributed by atoms with Gasteiger partial charge in [-0.25, -0.2) is 4.79 Å². The van der Waals surface area contributed by atoms with Gasteiger partial charge in [-0.3, -0.25) is 0 Å². The van der Waals surface area contributed by atoms with Gasteiger partial charge in [0.1, 0.15) is 6.61 Å². The number of alkyl carbamates (subject to hydrolysis) is 1. The maximum atomic E-state index is 11.2. The van der Waals surface area contributed by atoms with Crippen molar-refractivity contribution in [2.24, 2.45) is 0 Å². The molecular formula is C11H14ClNO4. The highest BCUT2D eigenvalue weighted by atomic mass is 35.5. The fourth-order valence-electron chi connectivity index (χ4n) is 1.08. The number of halogens is 1. The van der Waals surface area contributed by atoms with E-state index in [9.17, 15) is 4.79 Å². The molecule has 1 amide bonds. The first-order valence-electron chi connectivity index (χ1n) is 5.06. The van der Waals surface area contributed by atoms with Gasteiger partial charge in [0.15, 0.2) is 0 Å². The lowest BCUT2D eigenvalue weighted by atomic mass is 10.2. The molecular weight excluding hydrogens is 246 g/mol. The Morgan fingerprint density at radius 3 is 2.82 bits per heavy atom. The second-order valence-electron chi connectivity index (χ2n) is 3.38. The van der Waals surface area contributed by atoms with E-state index in [4.69, 9.17) is 26.6 Å². The molecule has 0 spiro atoms. The Labute approximate surface area is 104 Å². The van der Waals surface area contributed by atoms with Gasteiger partial charge in [-0.05, 0) is 6.07 Å². The fourth-order valence-corrected chi connectivity index (χ4v) is 1.27. The van der Waals surface area contributed by atoms with Crippen LogP contribution in [0.2, 0.25) is 5.02 Å². The van der Waals surface area contributed by atoms with Crippen LogP contribution in [0.4, 0.5) is 4.79 Å². The van der Waals surface area contributed by atoms with Gasteiger partial charge in [-0.2, -0.15) is 0 Å². The van der Waals surface area contributed by atoms with Crippen molar-refractivity contribution in [1.29, 1.82) is 0 Å². The maximum absolute atomic E-state index is 11.2. The average Bonchev–Trinajstić information content (AvgIpc) is 2.35. The molecule has 1 aromatic carbocycles. The van der Waals surface area contributed by atoms with Gasteiger partial charge in [0.25, 0.3) is 0 Å². The van der Waals surface area contributed by atoms with Gasteiger partial charge in [-0.15, -0.1) is 0 Å². The molecule has 17 heavy (non-hydrogen) atoms. The van der Waals surface area contributed by atoms with E-state index in [0.29, 0.717) is 10.6 Å².